The standard InChI is InChI=1S/C19H24N2O4/c1-6-24-19(23)17-16(13-7-9-14(10-8-13)21(4)5)15(11(2)22)12(3)25-18(17)20/h7-10,16H,6,20H2,1-5H3/t16-/m0/s1. The lowest BCUT2D eigenvalue weighted by Crippen LogP contribution is -2.28. The van der Waals surface area contributed by atoms with Crippen molar-refractivity contribution in [2.45, 2.75) is 26.7 Å². The number of benzene rings is 1. The average Bonchev–Trinajstić information content (AvgIpc) is 2.53. The first-order chi connectivity index (χ1) is 11.8. The van der Waals surface area contributed by atoms with Crippen LogP contribution in [0.15, 0.2) is 47.1 Å². The molecule has 0 saturated carbocycles. The molecular formula is C19H24N2O4. The molecule has 0 unspecified atom stereocenters. The van der Waals surface area contributed by atoms with Crippen LogP contribution in [-0.4, -0.2) is 32.5 Å². The van der Waals surface area contributed by atoms with Crippen LogP contribution in [0.2, 0.25) is 0 Å². The summed E-state index contributed by atoms with van der Waals surface area (Å²) in [5, 5.41) is 0. The predicted molar refractivity (Wildman–Crippen MR) is 95.8 cm³/mol. The maximum Gasteiger partial charge on any atom is 0.340 e. The summed E-state index contributed by atoms with van der Waals surface area (Å²) in [7, 11) is 3.88. The molecule has 1 aromatic rings. The number of ether oxygens (including phenoxy) is 2. The molecule has 0 spiro atoms. The Labute approximate surface area is 147 Å². The van der Waals surface area contributed by atoms with Crippen LogP contribution in [0.25, 0.3) is 0 Å². The first kappa shape index (κ1) is 18.6. The van der Waals surface area contributed by atoms with Gasteiger partial charge in [0, 0.05) is 25.4 Å². The smallest absolute Gasteiger partial charge is 0.340 e. The lowest BCUT2D eigenvalue weighted by Gasteiger charge is -2.29. The highest BCUT2D eigenvalue weighted by molar-refractivity contribution is 6.01. The van der Waals surface area contributed by atoms with Crippen molar-refractivity contribution in [1.82, 2.24) is 0 Å². The van der Waals surface area contributed by atoms with Gasteiger partial charge in [-0.2, -0.15) is 0 Å². The maximum absolute atomic E-state index is 12.5. The molecule has 1 aromatic carbocycles. The van der Waals surface area contributed by atoms with Crippen LogP contribution in [0.3, 0.4) is 0 Å². The van der Waals surface area contributed by atoms with Gasteiger partial charge in [-0.15, -0.1) is 0 Å². The second kappa shape index (κ2) is 7.42. The molecule has 1 heterocycles. The number of carbonyl (C=O) groups excluding carboxylic acids is 2. The minimum Gasteiger partial charge on any atom is -0.462 e. The monoisotopic (exact) mass is 344 g/mol. The number of esters is 1. The zero-order valence-corrected chi connectivity index (χ0v) is 15.3. The largest absolute Gasteiger partial charge is 0.462 e. The normalized spacial score (nSPS) is 17.2. The number of allylic oxidation sites excluding steroid dienone is 2. The van der Waals surface area contributed by atoms with E-state index >= 15 is 0 Å². The highest BCUT2D eigenvalue weighted by Gasteiger charge is 2.37. The van der Waals surface area contributed by atoms with Crippen LogP contribution in [-0.2, 0) is 19.1 Å². The number of rotatable bonds is 5. The summed E-state index contributed by atoms with van der Waals surface area (Å²) in [4.78, 5) is 26.7. The summed E-state index contributed by atoms with van der Waals surface area (Å²) >= 11 is 0. The van der Waals surface area contributed by atoms with E-state index in [0.717, 1.165) is 11.3 Å². The zero-order chi connectivity index (χ0) is 18.7. The number of Topliss-reactive ketones (excluding diaryl/α,β-unsaturated/α-hetero) is 1. The highest BCUT2D eigenvalue weighted by atomic mass is 16.5. The summed E-state index contributed by atoms with van der Waals surface area (Å²) in [6.45, 7) is 5.05. The van der Waals surface area contributed by atoms with E-state index in [9.17, 15) is 9.59 Å². The second-order valence-electron chi connectivity index (χ2n) is 6.05. The Balaban J connectivity index is 2.60. The fraction of sp³-hybridized carbons (Fsp3) is 0.368. The maximum atomic E-state index is 12.5. The van der Waals surface area contributed by atoms with Crippen molar-refractivity contribution in [2.75, 3.05) is 25.6 Å². The number of carbonyl (C=O) groups is 2. The van der Waals surface area contributed by atoms with Gasteiger partial charge in [0.25, 0.3) is 0 Å². The molecule has 0 aromatic heterocycles. The Morgan fingerprint density at radius 1 is 1.20 bits per heavy atom. The van der Waals surface area contributed by atoms with E-state index in [2.05, 4.69) is 0 Å². The predicted octanol–water partition coefficient (Wildman–Crippen LogP) is 2.46. The van der Waals surface area contributed by atoms with Crippen molar-refractivity contribution >= 4 is 17.4 Å². The van der Waals surface area contributed by atoms with E-state index in [1.165, 1.54) is 6.92 Å². The van der Waals surface area contributed by atoms with E-state index in [1.807, 2.05) is 43.3 Å². The molecule has 6 heteroatoms. The Hall–Kier alpha value is -2.76. The average molecular weight is 344 g/mol. The molecule has 0 bridgehead atoms. The molecule has 1 aliphatic rings. The van der Waals surface area contributed by atoms with E-state index in [-0.39, 0.29) is 23.8 Å². The third-order valence-corrected chi connectivity index (χ3v) is 4.10. The van der Waals surface area contributed by atoms with Gasteiger partial charge >= 0.3 is 5.97 Å². The van der Waals surface area contributed by atoms with Crippen LogP contribution in [0.5, 0.6) is 0 Å². The fourth-order valence-electron chi connectivity index (χ4n) is 2.94. The van der Waals surface area contributed by atoms with Crippen LogP contribution in [0.4, 0.5) is 5.69 Å². The number of hydrogen-bond donors (Lipinski definition) is 1. The Kier molecular flexibility index (Phi) is 5.51. The van der Waals surface area contributed by atoms with Gasteiger partial charge in [0.1, 0.15) is 11.3 Å². The lowest BCUT2D eigenvalue weighted by atomic mass is 9.81. The number of anilines is 1. The number of hydrogen-bond acceptors (Lipinski definition) is 6. The molecule has 2 N–H and O–H groups in total. The Morgan fingerprint density at radius 2 is 1.80 bits per heavy atom. The van der Waals surface area contributed by atoms with Crippen LogP contribution < -0.4 is 10.6 Å². The number of nitrogens with zero attached hydrogens (tertiary/aromatic N) is 1. The molecule has 6 nitrogen and oxygen atoms in total. The summed E-state index contributed by atoms with van der Waals surface area (Å²) in [6.07, 6.45) is 0. The summed E-state index contributed by atoms with van der Waals surface area (Å²) in [5.41, 5.74) is 8.34. The lowest BCUT2D eigenvalue weighted by molar-refractivity contribution is -0.139. The molecule has 0 fully saturated rings. The van der Waals surface area contributed by atoms with Crippen molar-refractivity contribution in [3.63, 3.8) is 0 Å². The van der Waals surface area contributed by atoms with Crippen LogP contribution in [0, 0.1) is 0 Å². The molecule has 134 valence electrons. The van der Waals surface area contributed by atoms with E-state index in [4.69, 9.17) is 15.2 Å². The number of ketones is 1. The zero-order valence-electron chi connectivity index (χ0n) is 15.3. The fourth-order valence-corrected chi connectivity index (χ4v) is 2.94. The molecule has 0 aliphatic carbocycles. The van der Waals surface area contributed by atoms with Gasteiger partial charge in [-0.05, 0) is 38.5 Å². The van der Waals surface area contributed by atoms with Crippen molar-refractivity contribution < 1.29 is 19.1 Å². The minimum absolute atomic E-state index is 0.0253. The quantitative estimate of drug-likeness (QED) is 0.826. The van der Waals surface area contributed by atoms with Gasteiger partial charge in [-0.1, -0.05) is 12.1 Å². The van der Waals surface area contributed by atoms with Gasteiger partial charge in [-0.3, -0.25) is 4.79 Å². The van der Waals surface area contributed by atoms with Gasteiger partial charge in [0.2, 0.25) is 5.88 Å². The van der Waals surface area contributed by atoms with Crippen LogP contribution in [0.1, 0.15) is 32.3 Å². The first-order valence-corrected chi connectivity index (χ1v) is 8.11. The second-order valence-corrected chi connectivity index (χ2v) is 6.05. The molecular weight excluding hydrogens is 320 g/mol. The molecule has 25 heavy (non-hydrogen) atoms. The molecule has 1 aliphatic heterocycles. The van der Waals surface area contributed by atoms with Gasteiger partial charge in [0.05, 0.1) is 12.5 Å². The molecule has 0 radical (unpaired) electrons. The molecule has 2 rings (SSSR count). The number of nitrogens with two attached hydrogens (primary N) is 1. The summed E-state index contributed by atoms with van der Waals surface area (Å²) in [5.74, 6) is -0.981. The van der Waals surface area contributed by atoms with Gasteiger partial charge in [0.15, 0.2) is 5.78 Å². The SMILES string of the molecule is CCOC(=O)C1=C(N)OC(C)=C(C(C)=O)[C@@H]1c1ccc(N(C)C)cc1. The van der Waals surface area contributed by atoms with Gasteiger partial charge < -0.3 is 20.1 Å². The third kappa shape index (κ3) is 3.68. The summed E-state index contributed by atoms with van der Waals surface area (Å²) < 4.78 is 10.6. The van der Waals surface area contributed by atoms with E-state index < -0.39 is 11.9 Å². The third-order valence-electron chi connectivity index (χ3n) is 4.10. The molecule has 0 amide bonds. The minimum atomic E-state index is -0.610. The van der Waals surface area contributed by atoms with Crippen molar-refractivity contribution in [3.8, 4) is 0 Å². The van der Waals surface area contributed by atoms with Crippen molar-refractivity contribution in [2.24, 2.45) is 5.73 Å². The first-order valence-electron chi connectivity index (χ1n) is 8.11. The Morgan fingerprint density at radius 3 is 2.28 bits per heavy atom. The van der Waals surface area contributed by atoms with Crippen LogP contribution >= 0.6 is 0 Å². The topological polar surface area (TPSA) is 81.9 Å². The van der Waals surface area contributed by atoms with Crippen molar-refractivity contribution in [1.29, 1.82) is 0 Å². The van der Waals surface area contributed by atoms with Gasteiger partial charge in [-0.25, -0.2) is 4.79 Å². The van der Waals surface area contributed by atoms with E-state index in [0.29, 0.717) is 11.3 Å². The highest BCUT2D eigenvalue weighted by Crippen LogP contribution is 2.40. The molecule has 1 atom stereocenters. The van der Waals surface area contributed by atoms with Crippen molar-refractivity contribution in [3.05, 3.63) is 52.6 Å². The van der Waals surface area contributed by atoms with E-state index in [1.54, 1.807) is 13.8 Å². The Bertz CT molecular complexity index is 745. The molecule has 0 saturated heterocycles. The summed E-state index contributed by atoms with van der Waals surface area (Å²) in [6, 6.07) is 7.62.